The van der Waals surface area contributed by atoms with E-state index in [9.17, 15) is 22.8 Å². The summed E-state index contributed by atoms with van der Waals surface area (Å²) in [7, 11) is 0. The molecular weight excluding hydrogens is 297 g/mol. The highest BCUT2D eigenvalue weighted by Gasteiger charge is 2.64. The Morgan fingerprint density at radius 1 is 1.50 bits per heavy atom. The predicted molar refractivity (Wildman–Crippen MR) is 63.6 cm³/mol. The van der Waals surface area contributed by atoms with E-state index in [1.807, 2.05) is 5.32 Å². The van der Waals surface area contributed by atoms with Gasteiger partial charge in [0.25, 0.3) is 5.91 Å². The minimum atomic E-state index is -4.48. The van der Waals surface area contributed by atoms with Gasteiger partial charge in [0.05, 0.1) is 6.61 Å². The van der Waals surface area contributed by atoms with Gasteiger partial charge in [-0.25, -0.2) is 9.78 Å². The van der Waals surface area contributed by atoms with Crippen LogP contribution in [-0.4, -0.2) is 35.2 Å². The highest BCUT2D eigenvalue weighted by molar-refractivity contribution is 7.11. The van der Waals surface area contributed by atoms with Crippen molar-refractivity contribution in [1.82, 2.24) is 10.3 Å². The zero-order valence-electron chi connectivity index (χ0n) is 10.4. The largest absolute Gasteiger partial charge is 0.461 e. The van der Waals surface area contributed by atoms with Crippen molar-refractivity contribution in [3.8, 4) is 0 Å². The third-order valence-corrected chi connectivity index (χ3v) is 3.65. The standard InChI is InChI=1S/C11H11F3N2O3S/c1-2-19-9(18)8-15-6(5-20-8)7(17)16-10(3-4-10)11(12,13)14/h5H,2-4H2,1H3,(H,16,17). The van der Waals surface area contributed by atoms with E-state index in [2.05, 4.69) is 9.72 Å². The fourth-order valence-corrected chi connectivity index (χ4v) is 2.24. The van der Waals surface area contributed by atoms with Crippen LogP contribution in [-0.2, 0) is 4.74 Å². The number of carbonyl (C=O) groups excluding carboxylic acids is 2. The Morgan fingerprint density at radius 2 is 2.15 bits per heavy atom. The minimum Gasteiger partial charge on any atom is -0.461 e. The lowest BCUT2D eigenvalue weighted by Gasteiger charge is -2.19. The number of aromatic nitrogens is 1. The van der Waals surface area contributed by atoms with Crippen LogP contribution < -0.4 is 5.32 Å². The number of alkyl halides is 3. The van der Waals surface area contributed by atoms with Crippen molar-refractivity contribution in [3.63, 3.8) is 0 Å². The number of hydrogen-bond donors (Lipinski definition) is 1. The van der Waals surface area contributed by atoms with Crippen molar-refractivity contribution in [2.45, 2.75) is 31.5 Å². The molecule has 1 heterocycles. The molecule has 1 aliphatic rings. The monoisotopic (exact) mass is 308 g/mol. The number of rotatable bonds is 4. The van der Waals surface area contributed by atoms with Crippen LogP contribution in [0.1, 0.15) is 40.1 Å². The van der Waals surface area contributed by atoms with E-state index in [-0.39, 0.29) is 30.2 Å². The molecule has 0 radical (unpaired) electrons. The molecule has 0 unspecified atom stereocenters. The summed E-state index contributed by atoms with van der Waals surface area (Å²) in [5.74, 6) is -1.64. The first-order chi connectivity index (χ1) is 9.29. The summed E-state index contributed by atoms with van der Waals surface area (Å²) in [5, 5.41) is 3.10. The predicted octanol–water partition coefficient (Wildman–Crippen LogP) is 2.14. The molecular formula is C11H11F3N2O3S. The topological polar surface area (TPSA) is 68.3 Å². The Hall–Kier alpha value is -1.64. The lowest BCUT2D eigenvalue weighted by molar-refractivity contribution is -0.163. The first kappa shape index (κ1) is 14.8. The van der Waals surface area contributed by atoms with E-state index >= 15 is 0 Å². The molecule has 1 saturated carbocycles. The summed E-state index contributed by atoms with van der Waals surface area (Å²) < 4.78 is 42.8. The fraction of sp³-hybridized carbons (Fsp3) is 0.545. The number of esters is 1. The number of nitrogens with one attached hydrogen (secondary N) is 1. The van der Waals surface area contributed by atoms with Crippen molar-refractivity contribution in [1.29, 1.82) is 0 Å². The van der Waals surface area contributed by atoms with Gasteiger partial charge in [-0.2, -0.15) is 13.2 Å². The molecule has 1 aliphatic carbocycles. The van der Waals surface area contributed by atoms with Gasteiger partial charge in [0.2, 0.25) is 5.01 Å². The molecule has 20 heavy (non-hydrogen) atoms. The van der Waals surface area contributed by atoms with Crippen LogP contribution in [0.5, 0.6) is 0 Å². The maximum Gasteiger partial charge on any atom is 0.411 e. The highest BCUT2D eigenvalue weighted by Crippen LogP contribution is 2.49. The number of hydrogen-bond acceptors (Lipinski definition) is 5. The van der Waals surface area contributed by atoms with Crippen LogP contribution in [0.15, 0.2) is 5.38 Å². The van der Waals surface area contributed by atoms with E-state index in [4.69, 9.17) is 0 Å². The number of thiazole rings is 1. The molecule has 1 N–H and O–H groups in total. The van der Waals surface area contributed by atoms with E-state index in [0.717, 1.165) is 11.3 Å². The van der Waals surface area contributed by atoms with Gasteiger partial charge >= 0.3 is 12.1 Å². The zero-order chi connectivity index (χ0) is 15.0. The van der Waals surface area contributed by atoms with Crippen molar-refractivity contribution < 1.29 is 27.5 Å². The molecule has 0 bridgehead atoms. The average molecular weight is 308 g/mol. The van der Waals surface area contributed by atoms with E-state index in [1.165, 1.54) is 5.38 Å². The second kappa shape index (κ2) is 5.04. The normalized spacial score (nSPS) is 16.6. The van der Waals surface area contributed by atoms with E-state index < -0.39 is 23.6 Å². The third kappa shape index (κ3) is 2.77. The molecule has 0 aliphatic heterocycles. The second-order valence-electron chi connectivity index (χ2n) is 4.29. The molecule has 1 fully saturated rings. The molecule has 9 heteroatoms. The Labute approximate surface area is 116 Å². The average Bonchev–Trinajstić information content (AvgIpc) is 2.97. The lowest BCUT2D eigenvalue weighted by atomic mass is 10.2. The summed E-state index contributed by atoms with van der Waals surface area (Å²) >= 11 is 0.852. The van der Waals surface area contributed by atoms with Gasteiger partial charge in [-0.3, -0.25) is 4.79 Å². The van der Waals surface area contributed by atoms with Gasteiger partial charge < -0.3 is 10.1 Å². The van der Waals surface area contributed by atoms with Crippen LogP contribution in [0.2, 0.25) is 0 Å². The summed E-state index contributed by atoms with van der Waals surface area (Å²) in [6, 6.07) is 0. The number of carbonyl (C=O) groups is 2. The van der Waals surface area contributed by atoms with Crippen molar-refractivity contribution in [2.24, 2.45) is 0 Å². The summed E-state index contributed by atoms with van der Waals surface area (Å²) in [6.07, 6.45) is -4.77. The Kier molecular flexibility index (Phi) is 3.72. The van der Waals surface area contributed by atoms with Gasteiger partial charge in [0.1, 0.15) is 11.2 Å². The second-order valence-corrected chi connectivity index (χ2v) is 5.15. The maximum absolute atomic E-state index is 12.7. The summed E-state index contributed by atoms with van der Waals surface area (Å²) in [5.41, 5.74) is -2.36. The van der Waals surface area contributed by atoms with Crippen LogP contribution in [0.4, 0.5) is 13.2 Å². The fourth-order valence-electron chi connectivity index (χ4n) is 1.55. The zero-order valence-corrected chi connectivity index (χ0v) is 11.2. The lowest BCUT2D eigenvalue weighted by Crippen LogP contribution is -2.47. The SMILES string of the molecule is CCOC(=O)c1nc(C(=O)NC2(C(F)(F)F)CC2)cs1. The maximum atomic E-state index is 12.7. The number of nitrogens with zero attached hydrogens (tertiary/aromatic N) is 1. The van der Waals surface area contributed by atoms with Gasteiger partial charge in [0.15, 0.2) is 0 Å². The summed E-state index contributed by atoms with van der Waals surface area (Å²) in [6.45, 7) is 1.76. The van der Waals surface area contributed by atoms with Gasteiger partial charge in [-0.15, -0.1) is 11.3 Å². The van der Waals surface area contributed by atoms with Crippen LogP contribution in [0, 0.1) is 0 Å². The first-order valence-corrected chi connectivity index (χ1v) is 6.69. The molecule has 2 rings (SSSR count). The molecule has 1 amide bonds. The van der Waals surface area contributed by atoms with Crippen molar-refractivity contribution in [2.75, 3.05) is 6.61 Å². The molecule has 0 aromatic carbocycles. The highest BCUT2D eigenvalue weighted by atomic mass is 32.1. The Morgan fingerprint density at radius 3 is 2.65 bits per heavy atom. The Bertz CT molecular complexity index is 537. The quantitative estimate of drug-likeness (QED) is 0.865. The molecule has 5 nitrogen and oxygen atoms in total. The third-order valence-electron chi connectivity index (χ3n) is 2.83. The van der Waals surface area contributed by atoms with E-state index in [0.29, 0.717) is 0 Å². The number of halogens is 3. The number of amides is 1. The van der Waals surface area contributed by atoms with Crippen molar-refractivity contribution >= 4 is 23.2 Å². The van der Waals surface area contributed by atoms with Crippen LogP contribution >= 0.6 is 11.3 Å². The van der Waals surface area contributed by atoms with Crippen LogP contribution in [0.25, 0.3) is 0 Å². The van der Waals surface area contributed by atoms with Crippen molar-refractivity contribution in [3.05, 3.63) is 16.1 Å². The smallest absolute Gasteiger partial charge is 0.411 e. The van der Waals surface area contributed by atoms with E-state index in [1.54, 1.807) is 6.92 Å². The van der Waals surface area contributed by atoms with Gasteiger partial charge in [-0.05, 0) is 19.8 Å². The minimum absolute atomic E-state index is 0.0612. The molecule has 0 saturated heterocycles. The Balaban J connectivity index is 2.06. The molecule has 1 aromatic rings. The van der Waals surface area contributed by atoms with Gasteiger partial charge in [-0.1, -0.05) is 0 Å². The number of ether oxygens (including phenoxy) is 1. The van der Waals surface area contributed by atoms with Crippen LogP contribution in [0.3, 0.4) is 0 Å². The molecule has 0 atom stereocenters. The summed E-state index contributed by atoms with van der Waals surface area (Å²) in [4.78, 5) is 26.8. The first-order valence-electron chi connectivity index (χ1n) is 5.81. The van der Waals surface area contributed by atoms with Gasteiger partial charge in [0, 0.05) is 5.38 Å². The molecule has 0 spiro atoms. The molecule has 110 valence electrons. The molecule has 1 aromatic heterocycles.